The van der Waals surface area contributed by atoms with Gasteiger partial charge in [0.1, 0.15) is 0 Å². The standard InChI is InChI=1S/C16H28N2O2S/c1-19-10-3-8-18(9-11-20-2)13-16-7-6-15(21-16)12-17-14-4-5-14/h6-7,14,17H,3-5,8-13H2,1-2H3. The normalized spacial score (nSPS) is 15.0. The van der Waals surface area contributed by atoms with E-state index in [1.807, 2.05) is 11.3 Å². The van der Waals surface area contributed by atoms with Crippen molar-refractivity contribution in [1.29, 1.82) is 0 Å². The van der Waals surface area contributed by atoms with Crippen LogP contribution in [0.3, 0.4) is 0 Å². The lowest BCUT2D eigenvalue weighted by molar-refractivity contribution is 0.130. The van der Waals surface area contributed by atoms with E-state index in [1.165, 1.54) is 22.6 Å². The number of hydrogen-bond donors (Lipinski definition) is 1. The first-order valence-electron chi connectivity index (χ1n) is 7.83. The molecule has 120 valence electrons. The zero-order chi connectivity index (χ0) is 14.9. The minimum atomic E-state index is 0.780. The van der Waals surface area contributed by atoms with Crippen molar-refractivity contribution in [3.63, 3.8) is 0 Å². The third kappa shape index (κ3) is 6.89. The minimum absolute atomic E-state index is 0.780. The van der Waals surface area contributed by atoms with Crippen molar-refractivity contribution in [3.8, 4) is 0 Å². The fourth-order valence-corrected chi connectivity index (χ4v) is 3.29. The first-order chi connectivity index (χ1) is 10.3. The van der Waals surface area contributed by atoms with Gasteiger partial charge in [-0.3, -0.25) is 4.90 Å². The molecule has 0 bridgehead atoms. The summed E-state index contributed by atoms with van der Waals surface area (Å²) in [5, 5.41) is 3.58. The fraction of sp³-hybridized carbons (Fsp3) is 0.750. The Labute approximate surface area is 132 Å². The van der Waals surface area contributed by atoms with Crippen molar-refractivity contribution in [2.24, 2.45) is 0 Å². The first kappa shape index (κ1) is 16.9. The predicted molar refractivity (Wildman–Crippen MR) is 87.8 cm³/mol. The Balaban J connectivity index is 1.76. The van der Waals surface area contributed by atoms with Gasteiger partial charge in [0.05, 0.1) is 6.61 Å². The van der Waals surface area contributed by atoms with Crippen LogP contribution >= 0.6 is 11.3 Å². The molecule has 0 amide bonds. The van der Waals surface area contributed by atoms with Crippen LogP contribution in [0.5, 0.6) is 0 Å². The highest BCUT2D eigenvalue weighted by Crippen LogP contribution is 2.22. The van der Waals surface area contributed by atoms with E-state index in [0.29, 0.717) is 0 Å². The number of hydrogen-bond acceptors (Lipinski definition) is 5. The van der Waals surface area contributed by atoms with Crippen LogP contribution in [0.15, 0.2) is 12.1 Å². The molecule has 0 unspecified atom stereocenters. The Morgan fingerprint density at radius 1 is 1.14 bits per heavy atom. The molecule has 1 N–H and O–H groups in total. The summed E-state index contributed by atoms with van der Waals surface area (Å²) in [5.74, 6) is 0. The zero-order valence-corrected chi connectivity index (χ0v) is 14.1. The van der Waals surface area contributed by atoms with Crippen LogP contribution < -0.4 is 5.32 Å². The average molecular weight is 312 g/mol. The molecular weight excluding hydrogens is 284 g/mol. The van der Waals surface area contributed by atoms with Gasteiger partial charge in [0, 0.05) is 62.8 Å². The quantitative estimate of drug-likeness (QED) is 0.601. The van der Waals surface area contributed by atoms with Crippen molar-refractivity contribution < 1.29 is 9.47 Å². The zero-order valence-electron chi connectivity index (χ0n) is 13.3. The molecule has 0 aromatic carbocycles. The van der Waals surface area contributed by atoms with Gasteiger partial charge < -0.3 is 14.8 Å². The summed E-state index contributed by atoms with van der Waals surface area (Å²) >= 11 is 1.93. The van der Waals surface area contributed by atoms with Crippen molar-refractivity contribution in [1.82, 2.24) is 10.2 Å². The molecule has 4 nitrogen and oxygen atoms in total. The van der Waals surface area contributed by atoms with Crippen LogP contribution in [0.2, 0.25) is 0 Å². The maximum atomic E-state index is 5.21. The molecule has 1 aliphatic rings. The van der Waals surface area contributed by atoms with Crippen molar-refractivity contribution in [2.45, 2.75) is 38.4 Å². The second-order valence-electron chi connectivity index (χ2n) is 5.64. The molecule has 2 rings (SSSR count). The van der Waals surface area contributed by atoms with Gasteiger partial charge in [-0.2, -0.15) is 0 Å². The van der Waals surface area contributed by atoms with Crippen LogP contribution in [-0.4, -0.2) is 51.5 Å². The summed E-state index contributed by atoms with van der Waals surface area (Å²) in [6.45, 7) is 5.69. The van der Waals surface area contributed by atoms with Gasteiger partial charge in [0.15, 0.2) is 0 Å². The van der Waals surface area contributed by atoms with Gasteiger partial charge in [-0.15, -0.1) is 11.3 Å². The van der Waals surface area contributed by atoms with E-state index in [2.05, 4.69) is 22.3 Å². The number of methoxy groups -OCH3 is 2. The molecule has 1 aromatic heterocycles. The summed E-state index contributed by atoms with van der Waals surface area (Å²) in [6.07, 6.45) is 3.77. The second-order valence-corrected chi connectivity index (χ2v) is 6.89. The van der Waals surface area contributed by atoms with Crippen LogP contribution in [0.4, 0.5) is 0 Å². The van der Waals surface area contributed by atoms with Crippen LogP contribution in [-0.2, 0) is 22.6 Å². The molecule has 1 aliphatic carbocycles. The summed E-state index contributed by atoms with van der Waals surface area (Å²) in [7, 11) is 3.53. The number of thiophene rings is 1. The highest BCUT2D eigenvalue weighted by Gasteiger charge is 2.20. The lowest BCUT2D eigenvalue weighted by atomic mass is 10.3. The Bertz CT molecular complexity index is 393. The lowest BCUT2D eigenvalue weighted by Gasteiger charge is -2.21. The highest BCUT2D eigenvalue weighted by molar-refractivity contribution is 7.11. The Hall–Kier alpha value is -0.460. The molecule has 0 aliphatic heterocycles. The highest BCUT2D eigenvalue weighted by atomic mass is 32.1. The molecule has 5 heteroatoms. The predicted octanol–water partition coefficient (Wildman–Crippen LogP) is 2.49. The summed E-state index contributed by atoms with van der Waals surface area (Å²) in [5.41, 5.74) is 0. The summed E-state index contributed by atoms with van der Waals surface area (Å²) < 4.78 is 10.4. The van der Waals surface area contributed by atoms with E-state index >= 15 is 0 Å². The van der Waals surface area contributed by atoms with Crippen molar-refractivity contribution in [2.75, 3.05) is 40.5 Å². The number of nitrogens with zero attached hydrogens (tertiary/aromatic N) is 1. The molecule has 0 saturated heterocycles. The number of nitrogens with one attached hydrogen (secondary N) is 1. The maximum Gasteiger partial charge on any atom is 0.0589 e. The second kappa shape index (κ2) is 9.54. The van der Waals surface area contributed by atoms with Crippen LogP contribution in [0.25, 0.3) is 0 Å². The molecule has 1 aromatic rings. The largest absolute Gasteiger partial charge is 0.385 e. The number of ether oxygens (including phenoxy) is 2. The smallest absolute Gasteiger partial charge is 0.0589 e. The molecule has 21 heavy (non-hydrogen) atoms. The van der Waals surface area contributed by atoms with Crippen molar-refractivity contribution in [3.05, 3.63) is 21.9 Å². The van der Waals surface area contributed by atoms with Gasteiger partial charge in [0.25, 0.3) is 0 Å². The summed E-state index contributed by atoms with van der Waals surface area (Å²) in [6, 6.07) is 5.31. The molecule has 1 fully saturated rings. The van der Waals surface area contributed by atoms with Gasteiger partial charge in [-0.25, -0.2) is 0 Å². The molecule has 0 atom stereocenters. The Morgan fingerprint density at radius 3 is 2.62 bits per heavy atom. The molecule has 0 radical (unpaired) electrons. The maximum absolute atomic E-state index is 5.21. The van der Waals surface area contributed by atoms with E-state index in [0.717, 1.165) is 51.9 Å². The molecule has 0 spiro atoms. The molecular formula is C16H28N2O2S. The Kier molecular flexibility index (Phi) is 7.68. The van der Waals surface area contributed by atoms with E-state index in [9.17, 15) is 0 Å². The van der Waals surface area contributed by atoms with E-state index in [-0.39, 0.29) is 0 Å². The average Bonchev–Trinajstić information content (AvgIpc) is 3.22. The van der Waals surface area contributed by atoms with Gasteiger partial charge in [0.2, 0.25) is 0 Å². The van der Waals surface area contributed by atoms with Gasteiger partial charge >= 0.3 is 0 Å². The van der Waals surface area contributed by atoms with Crippen LogP contribution in [0, 0.1) is 0 Å². The van der Waals surface area contributed by atoms with E-state index in [4.69, 9.17) is 9.47 Å². The first-order valence-corrected chi connectivity index (χ1v) is 8.64. The molecule has 1 saturated carbocycles. The van der Waals surface area contributed by atoms with Crippen molar-refractivity contribution >= 4 is 11.3 Å². The number of rotatable bonds is 12. The molecule has 1 heterocycles. The van der Waals surface area contributed by atoms with Gasteiger partial charge in [-0.05, 0) is 31.4 Å². The van der Waals surface area contributed by atoms with E-state index in [1.54, 1.807) is 14.2 Å². The third-order valence-electron chi connectivity index (χ3n) is 3.67. The van der Waals surface area contributed by atoms with Gasteiger partial charge in [-0.1, -0.05) is 0 Å². The SMILES string of the molecule is COCCCN(CCOC)Cc1ccc(CNC2CC2)s1. The Morgan fingerprint density at radius 2 is 1.90 bits per heavy atom. The van der Waals surface area contributed by atoms with E-state index < -0.39 is 0 Å². The third-order valence-corrected chi connectivity index (χ3v) is 4.74. The summed E-state index contributed by atoms with van der Waals surface area (Å²) in [4.78, 5) is 5.34. The van der Waals surface area contributed by atoms with Crippen LogP contribution in [0.1, 0.15) is 29.0 Å². The lowest BCUT2D eigenvalue weighted by Crippen LogP contribution is -2.28. The minimum Gasteiger partial charge on any atom is -0.385 e. The fourth-order valence-electron chi connectivity index (χ4n) is 2.28. The monoisotopic (exact) mass is 312 g/mol. The topological polar surface area (TPSA) is 33.7 Å².